The van der Waals surface area contributed by atoms with E-state index in [1.165, 1.54) is 0 Å². The lowest BCUT2D eigenvalue weighted by molar-refractivity contribution is 0.241. The van der Waals surface area contributed by atoms with Gasteiger partial charge in [-0.3, -0.25) is 0 Å². The Balaban J connectivity index is 1.89. The number of carbonyl (C=O) groups is 1. The second kappa shape index (κ2) is 8.62. The first-order valence-electron chi connectivity index (χ1n) is 7.64. The van der Waals surface area contributed by atoms with E-state index in [1.54, 1.807) is 26.5 Å². The molecule has 126 valence electrons. The summed E-state index contributed by atoms with van der Waals surface area (Å²) in [4.78, 5) is 12.0. The third-order valence-corrected chi connectivity index (χ3v) is 3.58. The minimum atomic E-state index is -0.274. The van der Waals surface area contributed by atoms with E-state index in [2.05, 4.69) is 10.6 Å². The van der Waals surface area contributed by atoms with Crippen molar-refractivity contribution in [1.82, 2.24) is 10.6 Å². The number of methoxy groups -OCH3 is 2. The molecule has 1 atom stereocenters. The first-order chi connectivity index (χ1) is 11.6. The van der Waals surface area contributed by atoms with E-state index >= 15 is 0 Å². The molecular weight excluding hydrogens is 304 g/mol. The molecule has 1 unspecified atom stereocenters. The maximum absolute atomic E-state index is 12.0. The van der Waals surface area contributed by atoms with E-state index in [4.69, 9.17) is 9.47 Å². The van der Waals surface area contributed by atoms with E-state index in [1.807, 2.05) is 55.5 Å². The summed E-state index contributed by atoms with van der Waals surface area (Å²) in [6.07, 6.45) is 3.38. The van der Waals surface area contributed by atoms with Crippen molar-refractivity contribution in [2.75, 3.05) is 14.2 Å². The van der Waals surface area contributed by atoms with Gasteiger partial charge in [0.15, 0.2) is 0 Å². The Morgan fingerprint density at radius 2 is 1.75 bits per heavy atom. The zero-order valence-electron chi connectivity index (χ0n) is 14.1. The predicted molar refractivity (Wildman–Crippen MR) is 95.1 cm³/mol. The minimum absolute atomic E-state index is 0.115. The number of rotatable bonds is 6. The largest absolute Gasteiger partial charge is 0.497 e. The topological polar surface area (TPSA) is 59.6 Å². The maximum atomic E-state index is 12.0. The van der Waals surface area contributed by atoms with Crippen molar-refractivity contribution in [3.05, 3.63) is 65.9 Å². The average Bonchev–Trinajstić information content (AvgIpc) is 2.62. The van der Waals surface area contributed by atoms with Crippen LogP contribution in [0.1, 0.15) is 24.1 Å². The van der Waals surface area contributed by atoms with Crippen LogP contribution < -0.4 is 20.1 Å². The van der Waals surface area contributed by atoms with Gasteiger partial charge in [-0.05, 0) is 36.8 Å². The van der Waals surface area contributed by atoms with Gasteiger partial charge < -0.3 is 20.1 Å². The van der Waals surface area contributed by atoms with Crippen LogP contribution in [-0.4, -0.2) is 20.3 Å². The number of ether oxygens (including phenoxy) is 2. The molecule has 0 radical (unpaired) electrons. The molecule has 0 aliphatic heterocycles. The number of carbonyl (C=O) groups excluding carboxylic acids is 1. The second-order valence-electron chi connectivity index (χ2n) is 5.19. The molecule has 0 aromatic heterocycles. The molecule has 0 spiro atoms. The Bertz CT molecular complexity index is 696. The molecule has 0 fully saturated rings. The fourth-order valence-corrected chi connectivity index (χ4v) is 2.23. The Kier molecular flexibility index (Phi) is 6.25. The highest BCUT2D eigenvalue weighted by Gasteiger charge is 2.08. The van der Waals surface area contributed by atoms with Crippen LogP contribution in [0.15, 0.2) is 54.7 Å². The summed E-state index contributed by atoms with van der Waals surface area (Å²) in [5, 5.41) is 5.57. The summed E-state index contributed by atoms with van der Waals surface area (Å²) in [5.74, 6) is 1.54. The molecule has 2 rings (SSSR count). The molecule has 2 aromatic rings. The molecule has 2 aromatic carbocycles. The molecule has 2 N–H and O–H groups in total. The SMILES string of the molecule is COc1ccc(C(C)NC(=O)N/C=C/c2ccccc2OC)cc1. The normalized spacial score (nSPS) is 11.8. The first-order valence-corrected chi connectivity index (χ1v) is 7.64. The molecule has 2 amide bonds. The number of hydrogen-bond donors (Lipinski definition) is 2. The lowest BCUT2D eigenvalue weighted by atomic mass is 10.1. The fourth-order valence-electron chi connectivity index (χ4n) is 2.23. The van der Waals surface area contributed by atoms with Gasteiger partial charge in [0.1, 0.15) is 11.5 Å². The Hall–Kier alpha value is -2.95. The quantitative estimate of drug-likeness (QED) is 0.850. The molecule has 24 heavy (non-hydrogen) atoms. The molecular formula is C19H22N2O3. The number of urea groups is 1. The van der Waals surface area contributed by atoms with Gasteiger partial charge in [0.2, 0.25) is 0 Å². The summed E-state index contributed by atoms with van der Waals surface area (Å²) in [7, 11) is 3.24. The lowest BCUT2D eigenvalue weighted by Gasteiger charge is -2.14. The van der Waals surface area contributed by atoms with Crippen molar-refractivity contribution in [3.8, 4) is 11.5 Å². The lowest BCUT2D eigenvalue weighted by Crippen LogP contribution is -2.34. The van der Waals surface area contributed by atoms with E-state index in [9.17, 15) is 4.79 Å². The highest BCUT2D eigenvalue weighted by atomic mass is 16.5. The minimum Gasteiger partial charge on any atom is -0.497 e. The van der Waals surface area contributed by atoms with Crippen molar-refractivity contribution in [2.24, 2.45) is 0 Å². The Labute approximate surface area is 142 Å². The molecule has 0 saturated carbocycles. The van der Waals surface area contributed by atoms with Crippen LogP contribution in [0.5, 0.6) is 11.5 Å². The van der Waals surface area contributed by atoms with Gasteiger partial charge in [-0.2, -0.15) is 0 Å². The van der Waals surface area contributed by atoms with E-state index in [0.717, 1.165) is 22.6 Å². The van der Waals surface area contributed by atoms with Crippen LogP contribution >= 0.6 is 0 Å². The second-order valence-corrected chi connectivity index (χ2v) is 5.19. The molecule has 0 heterocycles. The van der Waals surface area contributed by atoms with Crippen LogP contribution in [0.25, 0.3) is 6.08 Å². The van der Waals surface area contributed by atoms with Crippen molar-refractivity contribution < 1.29 is 14.3 Å². The van der Waals surface area contributed by atoms with Crippen molar-refractivity contribution in [1.29, 1.82) is 0 Å². The maximum Gasteiger partial charge on any atom is 0.319 e. The standard InChI is InChI=1S/C19H22N2O3/c1-14(15-8-10-17(23-2)11-9-15)21-19(22)20-13-12-16-6-4-5-7-18(16)24-3/h4-14H,1-3H3,(H2,20,21,22)/b13-12+. The highest BCUT2D eigenvalue weighted by molar-refractivity contribution is 5.76. The monoisotopic (exact) mass is 326 g/mol. The summed E-state index contributed by atoms with van der Waals surface area (Å²) < 4.78 is 10.4. The van der Waals surface area contributed by atoms with Gasteiger partial charge >= 0.3 is 6.03 Å². The average molecular weight is 326 g/mol. The third-order valence-electron chi connectivity index (χ3n) is 3.58. The van der Waals surface area contributed by atoms with Gasteiger partial charge in [0, 0.05) is 11.8 Å². The van der Waals surface area contributed by atoms with Crippen LogP contribution in [-0.2, 0) is 0 Å². The van der Waals surface area contributed by atoms with Crippen LogP contribution in [0.4, 0.5) is 4.79 Å². The van der Waals surface area contributed by atoms with Crippen molar-refractivity contribution >= 4 is 12.1 Å². The Morgan fingerprint density at radius 1 is 1.04 bits per heavy atom. The number of amides is 2. The molecule has 5 nitrogen and oxygen atoms in total. The molecule has 5 heteroatoms. The predicted octanol–water partition coefficient (Wildman–Crippen LogP) is 3.73. The summed E-state index contributed by atoms with van der Waals surface area (Å²) in [5.41, 5.74) is 1.89. The summed E-state index contributed by atoms with van der Waals surface area (Å²) in [6.45, 7) is 1.92. The number of para-hydroxylation sites is 1. The molecule has 0 bridgehead atoms. The van der Waals surface area contributed by atoms with E-state index < -0.39 is 0 Å². The molecule has 0 aliphatic rings. The number of hydrogen-bond acceptors (Lipinski definition) is 3. The third kappa shape index (κ3) is 4.78. The summed E-state index contributed by atoms with van der Waals surface area (Å²) >= 11 is 0. The van der Waals surface area contributed by atoms with Gasteiger partial charge in [-0.15, -0.1) is 0 Å². The van der Waals surface area contributed by atoms with Crippen LogP contribution in [0.3, 0.4) is 0 Å². The van der Waals surface area contributed by atoms with Crippen LogP contribution in [0.2, 0.25) is 0 Å². The summed E-state index contributed by atoms with van der Waals surface area (Å²) in [6, 6.07) is 14.8. The Morgan fingerprint density at radius 3 is 2.42 bits per heavy atom. The zero-order valence-corrected chi connectivity index (χ0v) is 14.1. The van der Waals surface area contributed by atoms with Crippen molar-refractivity contribution in [2.45, 2.75) is 13.0 Å². The zero-order chi connectivity index (χ0) is 17.4. The van der Waals surface area contributed by atoms with E-state index in [-0.39, 0.29) is 12.1 Å². The van der Waals surface area contributed by atoms with Gasteiger partial charge in [0.25, 0.3) is 0 Å². The first kappa shape index (κ1) is 17.4. The number of nitrogens with one attached hydrogen (secondary N) is 2. The molecule has 0 saturated heterocycles. The van der Waals surface area contributed by atoms with E-state index in [0.29, 0.717) is 0 Å². The highest BCUT2D eigenvalue weighted by Crippen LogP contribution is 2.18. The van der Waals surface area contributed by atoms with Gasteiger partial charge in [-0.25, -0.2) is 4.79 Å². The molecule has 0 aliphatic carbocycles. The number of benzene rings is 2. The fraction of sp³-hybridized carbons (Fsp3) is 0.211. The van der Waals surface area contributed by atoms with Gasteiger partial charge in [0.05, 0.1) is 20.3 Å². The van der Waals surface area contributed by atoms with Crippen LogP contribution in [0, 0.1) is 0 Å². The van der Waals surface area contributed by atoms with Crippen molar-refractivity contribution in [3.63, 3.8) is 0 Å². The van der Waals surface area contributed by atoms with Gasteiger partial charge in [-0.1, -0.05) is 30.3 Å². The smallest absolute Gasteiger partial charge is 0.319 e.